The highest BCUT2D eigenvalue weighted by Crippen LogP contribution is 1.88. The minimum atomic E-state index is -0.417. The van der Waals surface area contributed by atoms with Gasteiger partial charge in [-0.25, -0.2) is 4.79 Å². The van der Waals surface area contributed by atoms with Crippen molar-refractivity contribution in [2.45, 2.75) is 0 Å². The Labute approximate surface area is 52.9 Å². The highest BCUT2D eigenvalue weighted by molar-refractivity contribution is 5.69. The molecule has 1 aromatic rings. The smallest absolute Gasteiger partial charge is 0.418 e. The van der Waals surface area contributed by atoms with E-state index >= 15 is 0 Å². The van der Waals surface area contributed by atoms with Crippen LogP contribution in [0.2, 0.25) is 0 Å². The second-order valence-electron chi connectivity index (χ2n) is 1.48. The van der Waals surface area contributed by atoms with Crippen molar-refractivity contribution in [2.24, 2.45) is 0 Å². The maximum atomic E-state index is 10.6. The maximum absolute atomic E-state index is 10.6. The van der Waals surface area contributed by atoms with E-state index in [-0.39, 0.29) is 0 Å². The van der Waals surface area contributed by atoms with E-state index in [0.717, 1.165) is 0 Å². The van der Waals surface area contributed by atoms with Gasteiger partial charge in [0.25, 0.3) is 0 Å². The molecule has 3 heteroatoms. The van der Waals surface area contributed by atoms with Gasteiger partial charge in [0.15, 0.2) is 0 Å². The van der Waals surface area contributed by atoms with E-state index in [9.17, 15) is 4.79 Å². The largest absolute Gasteiger partial charge is 0.452 e. The van der Waals surface area contributed by atoms with Crippen molar-refractivity contribution in [2.75, 3.05) is 7.11 Å². The van der Waals surface area contributed by atoms with E-state index in [0.29, 0.717) is 0 Å². The fourth-order valence-corrected chi connectivity index (χ4v) is 0.507. The third-order valence-corrected chi connectivity index (χ3v) is 0.916. The minimum Gasteiger partial charge on any atom is -0.452 e. The fourth-order valence-electron chi connectivity index (χ4n) is 0.507. The monoisotopic (exact) mass is 124 g/mol. The van der Waals surface area contributed by atoms with Crippen LogP contribution in [-0.2, 0) is 4.74 Å². The van der Waals surface area contributed by atoms with E-state index in [1.165, 1.54) is 11.7 Å². The van der Waals surface area contributed by atoms with Crippen LogP contribution in [0.15, 0.2) is 18.3 Å². The summed E-state index contributed by atoms with van der Waals surface area (Å²) in [5, 5.41) is 0. The first-order chi connectivity index (χ1) is 4.34. The Bertz CT molecular complexity index is 191. The molecule has 0 amide bonds. The summed E-state index contributed by atoms with van der Waals surface area (Å²) in [5.41, 5.74) is 0. The van der Waals surface area contributed by atoms with Crippen molar-refractivity contribution in [1.82, 2.24) is 4.57 Å². The van der Waals surface area contributed by atoms with Crippen molar-refractivity contribution in [3.8, 4) is 0 Å². The predicted molar refractivity (Wildman–Crippen MR) is 31.1 cm³/mol. The average molecular weight is 124 g/mol. The summed E-state index contributed by atoms with van der Waals surface area (Å²) in [5.74, 6) is 0. The highest BCUT2D eigenvalue weighted by atomic mass is 16.5. The molecule has 0 aliphatic rings. The molecule has 0 spiro atoms. The first-order valence-electron chi connectivity index (χ1n) is 2.48. The molecule has 0 atom stereocenters. The SMILES string of the molecule is COC(=O)n1[c]ccc1. The summed E-state index contributed by atoms with van der Waals surface area (Å²) in [6, 6.07) is 3.34. The second-order valence-corrected chi connectivity index (χ2v) is 1.48. The Morgan fingerprint density at radius 2 is 2.56 bits per heavy atom. The van der Waals surface area contributed by atoms with E-state index in [4.69, 9.17) is 0 Å². The van der Waals surface area contributed by atoms with Crippen LogP contribution in [0, 0.1) is 6.20 Å². The molecule has 9 heavy (non-hydrogen) atoms. The molecule has 0 saturated heterocycles. The fraction of sp³-hybridized carbons (Fsp3) is 0.167. The van der Waals surface area contributed by atoms with Gasteiger partial charge in [-0.1, -0.05) is 0 Å². The van der Waals surface area contributed by atoms with E-state index < -0.39 is 6.09 Å². The van der Waals surface area contributed by atoms with Gasteiger partial charge in [-0.05, 0) is 12.1 Å². The van der Waals surface area contributed by atoms with Gasteiger partial charge in [0.1, 0.15) is 0 Å². The Kier molecular flexibility index (Phi) is 1.53. The molecule has 47 valence electrons. The highest BCUT2D eigenvalue weighted by Gasteiger charge is 1.98. The van der Waals surface area contributed by atoms with Crippen LogP contribution in [-0.4, -0.2) is 17.8 Å². The van der Waals surface area contributed by atoms with Crippen molar-refractivity contribution >= 4 is 6.09 Å². The van der Waals surface area contributed by atoms with Gasteiger partial charge >= 0.3 is 6.09 Å². The van der Waals surface area contributed by atoms with Crippen LogP contribution in [0.3, 0.4) is 0 Å². The molecule has 0 bridgehead atoms. The predicted octanol–water partition coefficient (Wildman–Crippen LogP) is 0.903. The summed E-state index contributed by atoms with van der Waals surface area (Å²) in [6.45, 7) is 0. The normalized spacial score (nSPS) is 9.00. The quantitative estimate of drug-likeness (QED) is 0.514. The molecule has 0 aromatic carbocycles. The van der Waals surface area contributed by atoms with Gasteiger partial charge in [-0.2, -0.15) is 0 Å². The summed E-state index contributed by atoms with van der Waals surface area (Å²) in [7, 11) is 1.33. The van der Waals surface area contributed by atoms with E-state index in [1.54, 1.807) is 18.3 Å². The molecular weight excluding hydrogens is 118 g/mol. The number of hydrogen-bond donors (Lipinski definition) is 0. The van der Waals surface area contributed by atoms with Crippen LogP contribution in [0.4, 0.5) is 4.79 Å². The second kappa shape index (κ2) is 2.35. The Morgan fingerprint density at radius 3 is 3.00 bits per heavy atom. The molecule has 3 nitrogen and oxygen atoms in total. The zero-order chi connectivity index (χ0) is 6.69. The summed E-state index contributed by atoms with van der Waals surface area (Å²) >= 11 is 0. The Hall–Kier alpha value is -1.25. The topological polar surface area (TPSA) is 31.2 Å². The van der Waals surface area contributed by atoms with Crippen molar-refractivity contribution < 1.29 is 9.53 Å². The summed E-state index contributed by atoms with van der Waals surface area (Å²) < 4.78 is 5.62. The number of methoxy groups -OCH3 is 1. The van der Waals surface area contributed by atoms with Gasteiger partial charge < -0.3 is 4.74 Å². The Morgan fingerprint density at radius 1 is 1.78 bits per heavy atom. The third kappa shape index (κ3) is 1.10. The number of carbonyl (C=O) groups is 1. The molecule has 1 rings (SSSR count). The van der Waals surface area contributed by atoms with Gasteiger partial charge in [0.05, 0.1) is 13.3 Å². The standard InChI is InChI=1S/C6H6NO2/c1-9-6(8)7-4-2-3-5-7/h2-4H,1H3. The zero-order valence-corrected chi connectivity index (χ0v) is 5.00. The lowest BCUT2D eigenvalue weighted by molar-refractivity contribution is 0.172. The average Bonchev–Trinajstić information content (AvgIpc) is 2.37. The van der Waals surface area contributed by atoms with Crippen LogP contribution >= 0.6 is 0 Å². The van der Waals surface area contributed by atoms with Gasteiger partial charge in [-0.3, -0.25) is 4.57 Å². The molecule has 0 saturated carbocycles. The maximum Gasteiger partial charge on any atom is 0.418 e. The number of ether oxygens (including phenoxy) is 1. The summed E-state index contributed by atoms with van der Waals surface area (Å²) in [6.07, 6.45) is 3.79. The lowest BCUT2D eigenvalue weighted by atomic mass is 10.7. The Balaban J connectivity index is 2.77. The number of carbonyl (C=O) groups excluding carboxylic acids is 1. The third-order valence-electron chi connectivity index (χ3n) is 0.916. The molecule has 0 N–H and O–H groups in total. The number of rotatable bonds is 0. The van der Waals surface area contributed by atoms with Gasteiger partial charge in [0.2, 0.25) is 0 Å². The van der Waals surface area contributed by atoms with Crippen LogP contribution in [0.1, 0.15) is 0 Å². The molecule has 0 aliphatic heterocycles. The molecule has 1 aromatic heterocycles. The first-order valence-corrected chi connectivity index (χ1v) is 2.48. The van der Waals surface area contributed by atoms with Crippen molar-refractivity contribution in [3.63, 3.8) is 0 Å². The van der Waals surface area contributed by atoms with Gasteiger partial charge in [-0.15, -0.1) is 0 Å². The van der Waals surface area contributed by atoms with Gasteiger partial charge in [0, 0.05) is 6.20 Å². The van der Waals surface area contributed by atoms with Crippen molar-refractivity contribution in [1.29, 1.82) is 0 Å². The zero-order valence-electron chi connectivity index (χ0n) is 5.00. The lowest BCUT2D eigenvalue weighted by Crippen LogP contribution is -2.08. The van der Waals surface area contributed by atoms with Crippen molar-refractivity contribution in [3.05, 3.63) is 24.5 Å². The molecule has 0 aliphatic carbocycles. The molecule has 1 radical (unpaired) electrons. The van der Waals surface area contributed by atoms with Crippen LogP contribution in [0.5, 0.6) is 0 Å². The number of aromatic nitrogens is 1. The molecule has 0 unspecified atom stereocenters. The minimum absolute atomic E-state index is 0.417. The number of nitrogens with zero attached hydrogens (tertiary/aromatic N) is 1. The molecule has 0 fully saturated rings. The molecule has 1 heterocycles. The van der Waals surface area contributed by atoms with E-state index in [1.807, 2.05) is 0 Å². The van der Waals surface area contributed by atoms with Crippen LogP contribution < -0.4 is 0 Å². The first kappa shape index (κ1) is 5.88. The number of hydrogen-bond acceptors (Lipinski definition) is 2. The van der Waals surface area contributed by atoms with E-state index in [2.05, 4.69) is 10.9 Å². The lowest BCUT2D eigenvalue weighted by Gasteiger charge is -1.94. The molecular formula is C6H6NO2. The van der Waals surface area contributed by atoms with Crippen LogP contribution in [0.25, 0.3) is 0 Å². The summed E-state index contributed by atoms with van der Waals surface area (Å²) in [4.78, 5) is 10.6.